The van der Waals surface area contributed by atoms with Gasteiger partial charge in [0.05, 0.1) is 18.3 Å². The lowest BCUT2D eigenvalue weighted by molar-refractivity contribution is -0.125. The lowest BCUT2D eigenvalue weighted by atomic mass is 9.96. The van der Waals surface area contributed by atoms with Crippen molar-refractivity contribution in [3.63, 3.8) is 0 Å². The Bertz CT molecular complexity index is 189. The van der Waals surface area contributed by atoms with E-state index in [0.717, 1.165) is 12.8 Å². The number of rotatable bonds is 4. The Hall–Kier alpha value is -0.410. The zero-order valence-electron chi connectivity index (χ0n) is 9.08. The Labute approximate surface area is 85.5 Å². The van der Waals surface area contributed by atoms with E-state index in [2.05, 4.69) is 0 Å². The Morgan fingerprint density at radius 2 is 2.07 bits per heavy atom. The van der Waals surface area contributed by atoms with Crippen LogP contribution in [0.4, 0.5) is 0 Å². The first-order chi connectivity index (χ1) is 6.53. The fraction of sp³-hybridized carbons (Fsp3) is 0.909. The Morgan fingerprint density at radius 1 is 1.50 bits per heavy atom. The first-order valence-corrected chi connectivity index (χ1v) is 5.39. The van der Waals surface area contributed by atoms with E-state index in [0.29, 0.717) is 31.7 Å². The molecule has 1 rings (SSSR count). The smallest absolute Gasteiger partial charge is 0.133 e. The fourth-order valence-corrected chi connectivity index (χ4v) is 1.48. The third-order valence-corrected chi connectivity index (χ3v) is 2.88. The minimum absolute atomic E-state index is 0.172. The van der Waals surface area contributed by atoms with Gasteiger partial charge < -0.3 is 9.84 Å². The molecule has 0 saturated heterocycles. The lowest BCUT2D eigenvalue weighted by Gasteiger charge is -2.27. The molecule has 1 aliphatic carbocycles. The van der Waals surface area contributed by atoms with Gasteiger partial charge in [0, 0.05) is 12.8 Å². The standard InChI is InChI=1S/C11H20O3/c1-3-11(2,13)8-14-10-6-4-9(12)5-7-10/h10,13H,3-8H2,1-2H3. The predicted molar refractivity (Wildman–Crippen MR) is 54.1 cm³/mol. The maximum atomic E-state index is 11.0. The largest absolute Gasteiger partial charge is 0.388 e. The van der Waals surface area contributed by atoms with Crippen LogP contribution < -0.4 is 0 Å². The van der Waals surface area contributed by atoms with Gasteiger partial charge in [0.2, 0.25) is 0 Å². The van der Waals surface area contributed by atoms with E-state index < -0.39 is 5.60 Å². The summed E-state index contributed by atoms with van der Waals surface area (Å²) in [5, 5.41) is 9.71. The fourth-order valence-electron chi connectivity index (χ4n) is 1.48. The highest BCUT2D eigenvalue weighted by atomic mass is 16.5. The molecule has 0 aliphatic heterocycles. The van der Waals surface area contributed by atoms with Gasteiger partial charge in [-0.05, 0) is 26.2 Å². The molecule has 0 amide bonds. The topological polar surface area (TPSA) is 46.5 Å². The number of carbonyl (C=O) groups is 1. The van der Waals surface area contributed by atoms with Crippen LogP contribution in [-0.4, -0.2) is 29.2 Å². The third kappa shape index (κ3) is 3.76. The zero-order valence-corrected chi connectivity index (χ0v) is 9.08. The minimum atomic E-state index is -0.721. The molecule has 0 aromatic carbocycles. The number of ether oxygens (including phenoxy) is 1. The van der Waals surface area contributed by atoms with Gasteiger partial charge in [-0.1, -0.05) is 6.92 Å². The number of aliphatic hydroxyl groups is 1. The second-order valence-corrected chi connectivity index (χ2v) is 4.40. The van der Waals surface area contributed by atoms with Gasteiger partial charge in [0.1, 0.15) is 5.78 Å². The number of ketones is 1. The van der Waals surface area contributed by atoms with Crippen molar-refractivity contribution in [3.8, 4) is 0 Å². The van der Waals surface area contributed by atoms with Gasteiger partial charge >= 0.3 is 0 Å². The summed E-state index contributed by atoms with van der Waals surface area (Å²) in [6.45, 7) is 4.09. The second kappa shape index (κ2) is 4.89. The first-order valence-electron chi connectivity index (χ1n) is 5.39. The lowest BCUT2D eigenvalue weighted by Crippen LogP contribution is -2.33. The van der Waals surface area contributed by atoms with Crippen molar-refractivity contribution in [3.05, 3.63) is 0 Å². The molecule has 3 nitrogen and oxygen atoms in total. The third-order valence-electron chi connectivity index (χ3n) is 2.88. The number of hydrogen-bond acceptors (Lipinski definition) is 3. The molecule has 1 unspecified atom stereocenters. The second-order valence-electron chi connectivity index (χ2n) is 4.40. The summed E-state index contributed by atoms with van der Waals surface area (Å²) in [6.07, 6.45) is 3.78. The number of hydrogen-bond donors (Lipinski definition) is 1. The van der Waals surface area contributed by atoms with Crippen LogP contribution in [-0.2, 0) is 9.53 Å². The maximum absolute atomic E-state index is 11.0. The summed E-state index contributed by atoms with van der Waals surface area (Å²) in [4.78, 5) is 11.0. The van der Waals surface area contributed by atoms with Gasteiger partial charge in [-0.25, -0.2) is 0 Å². The van der Waals surface area contributed by atoms with Crippen molar-refractivity contribution in [2.75, 3.05) is 6.61 Å². The highest BCUT2D eigenvalue weighted by Crippen LogP contribution is 2.20. The van der Waals surface area contributed by atoms with Crippen molar-refractivity contribution < 1.29 is 14.6 Å². The van der Waals surface area contributed by atoms with Crippen LogP contribution in [0.3, 0.4) is 0 Å². The highest BCUT2D eigenvalue weighted by Gasteiger charge is 2.23. The van der Waals surface area contributed by atoms with Crippen LogP contribution in [0, 0.1) is 0 Å². The van der Waals surface area contributed by atoms with Gasteiger partial charge in [0.25, 0.3) is 0 Å². The molecule has 1 fully saturated rings. The van der Waals surface area contributed by atoms with Gasteiger partial charge in [-0.3, -0.25) is 4.79 Å². The Kier molecular flexibility index (Phi) is 4.08. The van der Waals surface area contributed by atoms with E-state index in [9.17, 15) is 9.90 Å². The molecule has 1 atom stereocenters. The summed E-state index contributed by atoms with van der Waals surface area (Å²) in [5.41, 5.74) is -0.721. The molecule has 82 valence electrons. The Morgan fingerprint density at radius 3 is 2.57 bits per heavy atom. The molecule has 0 radical (unpaired) electrons. The molecule has 1 saturated carbocycles. The van der Waals surface area contributed by atoms with Crippen molar-refractivity contribution >= 4 is 5.78 Å². The first kappa shape index (κ1) is 11.7. The summed E-state index contributed by atoms with van der Waals surface area (Å²) in [5.74, 6) is 0.340. The zero-order chi connectivity index (χ0) is 10.6. The molecular formula is C11H20O3. The minimum Gasteiger partial charge on any atom is -0.388 e. The normalized spacial score (nSPS) is 23.5. The molecular weight excluding hydrogens is 180 g/mol. The molecule has 0 spiro atoms. The van der Waals surface area contributed by atoms with Crippen LogP contribution in [0.25, 0.3) is 0 Å². The predicted octanol–water partition coefficient (Wildman–Crippen LogP) is 1.68. The van der Waals surface area contributed by atoms with E-state index in [4.69, 9.17) is 4.74 Å². The quantitative estimate of drug-likeness (QED) is 0.751. The van der Waals surface area contributed by atoms with Crippen LogP contribution in [0.2, 0.25) is 0 Å². The van der Waals surface area contributed by atoms with Crippen LogP contribution >= 0.6 is 0 Å². The van der Waals surface area contributed by atoms with E-state index >= 15 is 0 Å². The molecule has 0 heterocycles. The van der Waals surface area contributed by atoms with Crippen molar-refractivity contribution in [2.24, 2.45) is 0 Å². The van der Waals surface area contributed by atoms with Crippen LogP contribution in [0.15, 0.2) is 0 Å². The van der Waals surface area contributed by atoms with Gasteiger partial charge in [0.15, 0.2) is 0 Å². The summed E-state index contributed by atoms with van der Waals surface area (Å²) < 4.78 is 5.58. The summed E-state index contributed by atoms with van der Waals surface area (Å²) in [7, 11) is 0. The van der Waals surface area contributed by atoms with Gasteiger partial charge in [-0.15, -0.1) is 0 Å². The van der Waals surface area contributed by atoms with E-state index in [-0.39, 0.29) is 6.10 Å². The van der Waals surface area contributed by atoms with E-state index in [1.165, 1.54) is 0 Å². The molecule has 1 N–H and O–H groups in total. The molecule has 0 bridgehead atoms. The molecule has 14 heavy (non-hydrogen) atoms. The number of carbonyl (C=O) groups excluding carboxylic acids is 1. The molecule has 0 aromatic rings. The van der Waals surface area contributed by atoms with Crippen molar-refractivity contribution in [1.82, 2.24) is 0 Å². The van der Waals surface area contributed by atoms with E-state index in [1.54, 1.807) is 6.92 Å². The maximum Gasteiger partial charge on any atom is 0.133 e. The SMILES string of the molecule is CCC(C)(O)COC1CCC(=O)CC1. The number of Topliss-reactive ketones (excluding diaryl/α,β-unsaturated/α-hetero) is 1. The molecule has 1 aliphatic rings. The van der Waals surface area contributed by atoms with Crippen molar-refractivity contribution in [1.29, 1.82) is 0 Å². The van der Waals surface area contributed by atoms with Crippen LogP contribution in [0.5, 0.6) is 0 Å². The molecule has 0 aromatic heterocycles. The highest BCUT2D eigenvalue weighted by molar-refractivity contribution is 5.79. The molecule has 3 heteroatoms. The van der Waals surface area contributed by atoms with Crippen molar-refractivity contribution in [2.45, 2.75) is 57.7 Å². The Balaban J connectivity index is 2.22. The van der Waals surface area contributed by atoms with Crippen LogP contribution in [0.1, 0.15) is 46.0 Å². The summed E-state index contributed by atoms with van der Waals surface area (Å²) in [6, 6.07) is 0. The van der Waals surface area contributed by atoms with Gasteiger partial charge in [-0.2, -0.15) is 0 Å². The monoisotopic (exact) mass is 200 g/mol. The van der Waals surface area contributed by atoms with E-state index in [1.807, 2.05) is 6.92 Å². The average molecular weight is 200 g/mol. The average Bonchev–Trinajstić information content (AvgIpc) is 2.17. The summed E-state index contributed by atoms with van der Waals surface area (Å²) >= 11 is 0.